The zero-order valence-electron chi connectivity index (χ0n) is 18.1. The molecule has 0 N–H and O–H groups in total. The van der Waals surface area contributed by atoms with Gasteiger partial charge in [0.1, 0.15) is 30.2 Å². The summed E-state index contributed by atoms with van der Waals surface area (Å²) < 4.78 is 52.2. The third-order valence-electron chi connectivity index (χ3n) is 5.56. The lowest BCUT2D eigenvalue weighted by atomic mass is 9.91. The predicted octanol–water partition coefficient (Wildman–Crippen LogP) is 5.92. The van der Waals surface area contributed by atoms with Gasteiger partial charge in [-0.2, -0.15) is 13.2 Å². The van der Waals surface area contributed by atoms with Crippen LogP contribution in [-0.2, 0) is 11.3 Å². The van der Waals surface area contributed by atoms with E-state index >= 15 is 0 Å². The summed E-state index contributed by atoms with van der Waals surface area (Å²) >= 11 is 1.92. The number of fused-ring (bicyclic) bond motifs is 3. The number of hydrogen-bond donors (Lipinski definition) is 0. The molecule has 1 aromatic carbocycles. The first-order valence-electron chi connectivity index (χ1n) is 10.5. The van der Waals surface area contributed by atoms with Crippen LogP contribution in [-0.4, -0.2) is 52.7 Å². The van der Waals surface area contributed by atoms with E-state index in [0.717, 1.165) is 18.6 Å². The van der Waals surface area contributed by atoms with E-state index in [1.807, 2.05) is 43.4 Å². The number of halogens is 4. The van der Waals surface area contributed by atoms with Crippen molar-refractivity contribution in [2.24, 2.45) is 10.9 Å². The third-order valence-corrected chi connectivity index (χ3v) is 6.45. The molecule has 1 amide bonds. The van der Waals surface area contributed by atoms with Gasteiger partial charge in [-0.1, -0.05) is 0 Å². The number of aliphatic imine (C=N–C) groups is 1. The minimum atomic E-state index is -4.31. The first-order valence-corrected chi connectivity index (χ1v) is 11.6. The molecule has 2 aromatic rings. The second-order valence-electron chi connectivity index (χ2n) is 9.15. The molecule has 1 saturated heterocycles. The maximum atomic E-state index is 13.0. The second-order valence-corrected chi connectivity index (χ2v) is 10.3. The highest BCUT2D eigenvalue weighted by Crippen LogP contribution is 2.41. The average Bonchev–Trinajstić information content (AvgIpc) is 3.01. The molecule has 0 aliphatic carbocycles. The lowest BCUT2D eigenvalue weighted by Gasteiger charge is -2.34. The lowest BCUT2D eigenvalue weighted by Crippen LogP contribution is -2.43. The smallest absolute Gasteiger partial charge is 0.410 e. The Morgan fingerprint density at radius 3 is 2.56 bits per heavy atom. The Morgan fingerprint density at radius 1 is 1.25 bits per heavy atom. The maximum absolute atomic E-state index is 13.0. The number of likely N-dealkylation sites (tertiary alicyclic amines) is 1. The van der Waals surface area contributed by atoms with Crippen LogP contribution in [0.5, 0.6) is 5.75 Å². The molecule has 0 radical (unpaired) electrons. The van der Waals surface area contributed by atoms with E-state index in [-0.39, 0.29) is 12.0 Å². The van der Waals surface area contributed by atoms with Crippen molar-refractivity contribution in [3.05, 3.63) is 21.9 Å². The summed E-state index contributed by atoms with van der Waals surface area (Å²) in [5.74, 6) is 0.724. The van der Waals surface area contributed by atoms with Crippen molar-refractivity contribution in [2.45, 2.75) is 51.9 Å². The number of aromatic nitrogens is 1. The number of alkyl halides is 3. The summed E-state index contributed by atoms with van der Waals surface area (Å²) in [4.78, 5) is 18.8. The van der Waals surface area contributed by atoms with Gasteiger partial charge in [-0.05, 0) is 74.4 Å². The summed E-state index contributed by atoms with van der Waals surface area (Å²) in [5.41, 5.74) is 1.40. The fraction of sp³-hybridized carbons (Fsp3) is 0.545. The standard InChI is InChI=1S/C22H25F3IN3O3/c1-21(2,3)32-20(30)28-8-6-13(7-9-28)15-11-31-17-5-4-16-14(19(17)27-15)10-18(26)29(16)12-22(23,24)25/h4-5,10,13H,6-9,11-12H2,1-3H3. The zero-order valence-corrected chi connectivity index (χ0v) is 20.3. The first kappa shape index (κ1) is 23.2. The lowest BCUT2D eigenvalue weighted by molar-refractivity contribution is -0.140. The largest absolute Gasteiger partial charge is 0.485 e. The number of hydrogen-bond acceptors (Lipinski definition) is 4. The van der Waals surface area contributed by atoms with E-state index in [1.165, 1.54) is 4.57 Å². The Kier molecular flexibility index (Phi) is 6.10. The van der Waals surface area contributed by atoms with E-state index in [1.54, 1.807) is 23.1 Å². The summed E-state index contributed by atoms with van der Waals surface area (Å²) in [7, 11) is 0. The quantitative estimate of drug-likeness (QED) is 0.427. The molecular formula is C22H25F3IN3O3. The SMILES string of the molecule is CC(C)(C)OC(=O)N1CCC(C2=Nc3c(ccc4c3cc(I)n4CC(F)(F)F)OC2)CC1. The minimum absolute atomic E-state index is 0.147. The highest BCUT2D eigenvalue weighted by atomic mass is 127. The van der Waals surface area contributed by atoms with Crippen LogP contribution in [0.2, 0.25) is 0 Å². The van der Waals surface area contributed by atoms with Gasteiger partial charge in [0, 0.05) is 24.4 Å². The monoisotopic (exact) mass is 563 g/mol. The summed E-state index contributed by atoms with van der Waals surface area (Å²) in [5, 5.41) is 0.652. The molecule has 0 atom stereocenters. The summed E-state index contributed by atoms with van der Waals surface area (Å²) in [6.07, 6.45) is -3.15. The summed E-state index contributed by atoms with van der Waals surface area (Å²) in [6, 6.07) is 5.06. The number of piperidine rings is 1. The van der Waals surface area contributed by atoms with Crippen molar-refractivity contribution in [1.29, 1.82) is 0 Å². The molecular weight excluding hydrogens is 538 g/mol. The average molecular weight is 563 g/mol. The molecule has 0 spiro atoms. The Morgan fingerprint density at radius 2 is 1.94 bits per heavy atom. The number of ether oxygens (including phenoxy) is 2. The molecule has 1 fully saturated rings. The molecule has 4 rings (SSSR count). The number of benzene rings is 1. The van der Waals surface area contributed by atoms with E-state index in [0.29, 0.717) is 45.7 Å². The van der Waals surface area contributed by atoms with Crippen LogP contribution in [0.3, 0.4) is 0 Å². The molecule has 32 heavy (non-hydrogen) atoms. The highest BCUT2D eigenvalue weighted by molar-refractivity contribution is 14.1. The predicted molar refractivity (Wildman–Crippen MR) is 124 cm³/mol. The molecule has 174 valence electrons. The number of rotatable bonds is 2. The van der Waals surface area contributed by atoms with Crippen molar-refractivity contribution >= 4 is 51.0 Å². The Labute approximate surface area is 197 Å². The molecule has 10 heteroatoms. The van der Waals surface area contributed by atoms with Crippen LogP contribution in [0.4, 0.5) is 23.7 Å². The van der Waals surface area contributed by atoms with Crippen LogP contribution in [0.1, 0.15) is 33.6 Å². The van der Waals surface area contributed by atoms with Crippen molar-refractivity contribution in [3.63, 3.8) is 0 Å². The number of amides is 1. The van der Waals surface area contributed by atoms with E-state index in [2.05, 4.69) is 0 Å². The molecule has 2 aliphatic heterocycles. The van der Waals surface area contributed by atoms with Crippen LogP contribution in [0.15, 0.2) is 23.2 Å². The second kappa shape index (κ2) is 8.42. The van der Waals surface area contributed by atoms with Crippen LogP contribution in [0.25, 0.3) is 10.9 Å². The van der Waals surface area contributed by atoms with Gasteiger partial charge < -0.3 is 18.9 Å². The van der Waals surface area contributed by atoms with E-state index in [4.69, 9.17) is 14.5 Å². The van der Waals surface area contributed by atoms with Crippen LogP contribution >= 0.6 is 22.6 Å². The molecule has 3 heterocycles. The number of carbonyl (C=O) groups is 1. The molecule has 1 aromatic heterocycles. The van der Waals surface area contributed by atoms with Crippen molar-refractivity contribution in [1.82, 2.24) is 9.47 Å². The van der Waals surface area contributed by atoms with Crippen LogP contribution in [0, 0.1) is 9.62 Å². The topological polar surface area (TPSA) is 56.1 Å². The Bertz CT molecular complexity index is 1060. The first-order chi connectivity index (χ1) is 14.9. The molecule has 2 aliphatic rings. The van der Waals surface area contributed by atoms with Gasteiger partial charge in [-0.15, -0.1) is 0 Å². The van der Waals surface area contributed by atoms with Crippen molar-refractivity contribution < 1.29 is 27.4 Å². The van der Waals surface area contributed by atoms with Crippen molar-refractivity contribution in [2.75, 3.05) is 19.7 Å². The summed E-state index contributed by atoms with van der Waals surface area (Å²) in [6.45, 7) is 5.95. The van der Waals surface area contributed by atoms with E-state index < -0.39 is 18.3 Å². The maximum Gasteiger partial charge on any atom is 0.410 e. The van der Waals surface area contributed by atoms with Crippen LogP contribution < -0.4 is 4.74 Å². The van der Waals surface area contributed by atoms with Gasteiger partial charge in [-0.25, -0.2) is 9.79 Å². The minimum Gasteiger partial charge on any atom is -0.485 e. The Balaban J connectivity index is 1.55. The normalized spacial score (nSPS) is 17.7. The number of nitrogens with zero attached hydrogens (tertiary/aromatic N) is 3. The molecule has 0 saturated carbocycles. The van der Waals surface area contributed by atoms with E-state index in [9.17, 15) is 18.0 Å². The van der Waals surface area contributed by atoms with Crippen molar-refractivity contribution in [3.8, 4) is 5.75 Å². The third kappa shape index (κ3) is 4.99. The van der Waals surface area contributed by atoms with Gasteiger partial charge in [0.15, 0.2) is 0 Å². The van der Waals surface area contributed by atoms with Gasteiger partial charge >= 0.3 is 12.3 Å². The molecule has 6 nitrogen and oxygen atoms in total. The molecule has 0 unspecified atom stereocenters. The number of carbonyl (C=O) groups excluding carboxylic acids is 1. The molecule has 0 bridgehead atoms. The van der Waals surface area contributed by atoms with Gasteiger partial charge in [0.05, 0.1) is 14.9 Å². The Hall–Kier alpha value is -1.98. The van der Waals surface area contributed by atoms with Gasteiger partial charge in [0.2, 0.25) is 0 Å². The van der Waals surface area contributed by atoms with Gasteiger partial charge in [0.25, 0.3) is 0 Å². The van der Waals surface area contributed by atoms with Gasteiger partial charge in [-0.3, -0.25) is 0 Å². The fourth-order valence-corrected chi connectivity index (χ4v) is 4.84. The fourth-order valence-electron chi connectivity index (χ4n) is 4.10. The highest BCUT2D eigenvalue weighted by Gasteiger charge is 2.32. The zero-order chi connectivity index (χ0) is 23.3.